The van der Waals surface area contributed by atoms with Gasteiger partial charge in [0, 0.05) is 16.7 Å². The van der Waals surface area contributed by atoms with Gasteiger partial charge in [-0.25, -0.2) is 9.18 Å². The Hall–Kier alpha value is -1.35. The second-order valence-electron chi connectivity index (χ2n) is 2.88. The number of ether oxygens (including phenoxy) is 1. The highest BCUT2D eigenvalue weighted by Gasteiger charge is 2.21. The summed E-state index contributed by atoms with van der Waals surface area (Å²) in [6.07, 6.45) is 2.11. The standard InChI is InChI=1S/C10H6ClFO2/c11-6-1-2-8(12)7(5-6)9-3-4-10(13)14-9/h1-5,9H. The molecule has 0 amide bonds. The minimum absolute atomic E-state index is 0.277. The molecule has 1 unspecified atom stereocenters. The number of benzene rings is 1. The van der Waals surface area contributed by atoms with Gasteiger partial charge in [-0.1, -0.05) is 11.6 Å². The fourth-order valence-electron chi connectivity index (χ4n) is 1.27. The summed E-state index contributed by atoms with van der Waals surface area (Å²) in [4.78, 5) is 10.8. The van der Waals surface area contributed by atoms with E-state index in [-0.39, 0.29) is 5.56 Å². The minimum atomic E-state index is -0.652. The molecule has 0 aromatic heterocycles. The lowest BCUT2D eigenvalue weighted by Gasteiger charge is -2.09. The van der Waals surface area contributed by atoms with Crippen molar-refractivity contribution in [1.29, 1.82) is 0 Å². The van der Waals surface area contributed by atoms with Crippen LogP contribution in [0, 0.1) is 5.82 Å². The molecule has 0 saturated heterocycles. The molecule has 0 aliphatic carbocycles. The van der Waals surface area contributed by atoms with Gasteiger partial charge in [-0.3, -0.25) is 0 Å². The molecule has 1 aliphatic heterocycles. The third-order valence-electron chi connectivity index (χ3n) is 1.91. The van der Waals surface area contributed by atoms with Gasteiger partial charge in [0.05, 0.1) is 0 Å². The third kappa shape index (κ3) is 1.63. The second kappa shape index (κ2) is 3.42. The van der Waals surface area contributed by atoms with Crippen molar-refractivity contribution < 1.29 is 13.9 Å². The molecular weight excluding hydrogens is 207 g/mol. The largest absolute Gasteiger partial charge is 0.450 e. The average molecular weight is 213 g/mol. The Balaban J connectivity index is 2.37. The summed E-state index contributed by atoms with van der Waals surface area (Å²) in [7, 11) is 0. The molecule has 1 atom stereocenters. The summed E-state index contributed by atoms with van der Waals surface area (Å²) >= 11 is 5.70. The van der Waals surface area contributed by atoms with Crippen LogP contribution in [0.5, 0.6) is 0 Å². The lowest BCUT2D eigenvalue weighted by Crippen LogP contribution is -2.02. The van der Waals surface area contributed by atoms with Crippen molar-refractivity contribution in [2.24, 2.45) is 0 Å². The maximum absolute atomic E-state index is 13.3. The fourth-order valence-corrected chi connectivity index (χ4v) is 1.45. The van der Waals surface area contributed by atoms with Crippen LogP contribution in [0.3, 0.4) is 0 Å². The van der Waals surface area contributed by atoms with E-state index in [1.165, 1.54) is 30.4 Å². The Morgan fingerprint density at radius 1 is 1.43 bits per heavy atom. The van der Waals surface area contributed by atoms with Crippen LogP contribution in [0.15, 0.2) is 30.4 Å². The van der Waals surface area contributed by atoms with Crippen molar-refractivity contribution in [3.63, 3.8) is 0 Å². The molecule has 4 heteroatoms. The zero-order valence-corrected chi connectivity index (χ0v) is 7.79. The molecule has 72 valence electrons. The van der Waals surface area contributed by atoms with Gasteiger partial charge in [0.2, 0.25) is 0 Å². The Morgan fingerprint density at radius 2 is 2.21 bits per heavy atom. The molecule has 1 heterocycles. The highest BCUT2D eigenvalue weighted by Crippen LogP contribution is 2.28. The van der Waals surface area contributed by atoms with Crippen molar-refractivity contribution in [3.05, 3.63) is 46.8 Å². The topological polar surface area (TPSA) is 26.3 Å². The smallest absolute Gasteiger partial charge is 0.331 e. The molecule has 0 N–H and O–H groups in total. The van der Waals surface area contributed by atoms with Gasteiger partial charge in [-0.2, -0.15) is 0 Å². The summed E-state index contributed by atoms with van der Waals surface area (Å²) < 4.78 is 18.1. The van der Waals surface area contributed by atoms with E-state index in [0.717, 1.165) is 0 Å². The predicted molar refractivity (Wildman–Crippen MR) is 49.4 cm³/mol. The Kier molecular flexibility index (Phi) is 2.25. The van der Waals surface area contributed by atoms with Crippen LogP contribution in [-0.4, -0.2) is 5.97 Å². The van der Waals surface area contributed by atoms with Crippen LogP contribution in [0.1, 0.15) is 11.7 Å². The van der Waals surface area contributed by atoms with Crippen molar-refractivity contribution in [2.75, 3.05) is 0 Å². The van der Waals surface area contributed by atoms with Crippen LogP contribution in [0.4, 0.5) is 4.39 Å². The van der Waals surface area contributed by atoms with E-state index in [1.807, 2.05) is 0 Å². The number of hydrogen-bond donors (Lipinski definition) is 0. The molecule has 14 heavy (non-hydrogen) atoms. The lowest BCUT2D eigenvalue weighted by atomic mass is 10.1. The van der Waals surface area contributed by atoms with Crippen LogP contribution in [0.2, 0.25) is 5.02 Å². The molecular formula is C10H6ClFO2. The number of rotatable bonds is 1. The zero-order valence-electron chi connectivity index (χ0n) is 7.04. The average Bonchev–Trinajstić information content (AvgIpc) is 2.56. The Labute approximate surface area is 84.9 Å². The maximum Gasteiger partial charge on any atom is 0.331 e. The molecule has 2 rings (SSSR count). The first-order valence-corrected chi connectivity index (χ1v) is 4.38. The number of carbonyl (C=O) groups is 1. The van der Waals surface area contributed by atoms with E-state index in [1.54, 1.807) is 0 Å². The molecule has 1 aromatic carbocycles. The van der Waals surface area contributed by atoms with E-state index < -0.39 is 17.9 Å². The van der Waals surface area contributed by atoms with Gasteiger partial charge < -0.3 is 4.74 Å². The summed E-state index contributed by atoms with van der Waals surface area (Å²) in [5.74, 6) is -0.895. The van der Waals surface area contributed by atoms with Gasteiger partial charge >= 0.3 is 5.97 Å². The number of cyclic esters (lactones) is 1. The molecule has 2 nitrogen and oxygen atoms in total. The van der Waals surface area contributed by atoms with Crippen LogP contribution in [0.25, 0.3) is 0 Å². The number of esters is 1. The third-order valence-corrected chi connectivity index (χ3v) is 2.15. The van der Waals surface area contributed by atoms with Crippen LogP contribution >= 0.6 is 11.6 Å². The molecule has 0 fully saturated rings. The number of hydrogen-bond acceptors (Lipinski definition) is 2. The first-order valence-electron chi connectivity index (χ1n) is 4.00. The van der Waals surface area contributed by atoms with E-state index in [9.17, 15) is 9.18 Å². The first-order chi connectivity index (χ1) is 6.66. The first kappa shape index (κ1) is 9.21. The maximum atomic E-state index is 13.3. The molecule has 0 spiro atoms. The monoisotopic (exact) mass is 212 g/mol. The normalized spacial score (nSPS) is 19.9. The predicted octanol–water partition coefficient (Wildman–Crippen LogP) is 2.63. The van der Waals surface area contributed by atoms with E-state index in [4.69, 9.17) is 16.3 Å². The van der Waals surface area contributed by atoms with Crippen molar-refractivity contribution >= 4 is 17.6 Å². The van der Waals surface area contributed by atoms with Crippen molar-refractivity contribution in [1.82, 2.24) is 0 Å². The van der Waals surface area contributed by atoms with Crippen LogP contribution in [-0.2, 0) is 9.53 Å². The summed E-state index contributed by atoms with van der Waals surface area (Å²) in [6, 6.07) is 4.14. The lowest BCUT2D eigenvalue weighted by molar-refractivity contribution is -0.138. The van der Waals surface area contributed by atoms with E-state index in [0.29, 0.717) is 5.02 Å². The van der Waals surface area contributed by atoms with Gasteiger partial charge in [-0.15, -0.1) is 0 Å². The molecule has 1 aliphatic rings. The Bertz CT molecular complexity index is 415. The highest BCUT2D eigenvalue weighted by atomic mass is 35.5. The van der Waals surface area contributed by atoms with Crippen molar-refractivity contribution in [3.8, 4) is 0 Å². The van der Waals surface area contributed by atoms with Gasteiger partial charge in [0.25, 0.3) is 0 Å². The Morgan fingerprint density at radius 3 is 2.86 bits per heavy atom. The summed E-state index contributed by atoms with van der Waals surface area (Å²) in [6.45, 7) is 0. The van der Waals surface area contributed by atoms with Crippen LogP contribution < -0.4 is 0 Å². The quantitative estimate of drug-likeness (QED) is 0.669. The fraction of sp³-hybridized carbons (Fsp3) is 0.100. The van der Waals surface area contributed by atoms with Gasteiger partial charge in [-0.05, 0) is 24.3 Å². The second-order valence-corrected chi connectivity index (χ2v) is 3.32. The van der Waals surface area contributed by atoms with E-state index in [2.05, 4.69) is 0 Å². The molecule has 1 aromatic rings. The SMILES string of the molecule is O=C1C=CC(c2cc(Cl)ccc2F)O1. The van der Waals surface area contributed by atoms with E-state index >= 15 is 0 Å². The summed E-state index contributed by atoms with van der Waals surface area (Å²) in [5.41, 5.74) is 0.277. The molecule has 0 bridgehead atoms. The minimum Gasteiger partial charge on any atom is -0.450 e. The highest BCUT2D eigenvalue weighted by molar-refractivity contribution is 6.30. The molecule has 0 radical (unpaired) electrons. The number of halogens is 2. The zero-order chi connectivity index (χ0) is 10.1. The molecule has 0 saturated carbocycles. The van der Waals surface area contributed by atoms with Gasteiger partial charge in [0.15, 0.2) is 0 Å². The van der Waals surface area contributed by atoms with Crippen molar-refractivity contribution in [2.45, 2.75) is 6.10 Å². The van der Waals surface area contributed by atoms with Gasteiger partial charge in [0.1, 0.15) is 11.9 Å². The number of carbonyl (C=O) groups excluding carboxylic acids is 1. The summed E-state index contributed by atoms with van der Waals surface area (Å²) in [5, 5.41) is 0.415.